The Labute approximate surface area is 146 Å². The van der Waals surface area contributed by atoms with Gasteiger partial charge in [0.2, 0.25) is 0 Å². The van der Waals surface area contributed by atoms with Crippen LogP contribution in [0.2, 0.25) is 0 Å². The summed E-state index contributed by atoms with van der Waals surface area (Å²) in [6, 6.07) is 13.8. The number of nitriles is 1. The number of nitrogens with zero attached hydrogens (tertiary/aromatic N) is 1. The first-order chi connectivity index (χ1) is 12.0. The van der Waals surface area contributed by atoms with Gasteiger partial charge in [0.1, 0.15) is 0 Å². The zero-order valence-electron chi connectivity index (χ0n) is 13.9. The lowest BCUT2D eigenvalue weighted by molar-refractivity contribution is 0.163. The number of carbonyl (C=O) groups excluding carboxylic acids is 1. The molecule has 0 heterocycles. The first kappa shape index (κ1) is 18.5. The van der Waals surface area contributed by atoms with Crippen LogP contribution in [0, 0.1) is 11.3 Å². The molecule has 6 nitrogen and oxygen atoms in total. The van der Waals surface area contributed by atoms with Crippen molar-refractivity contribution >= 4 is 24.4 Å². The third-order valence-electron chi connectivity index (χ3n) is 3.75. The fourth-order valence-corrected chi connectivity index (χ4v) is 2.45. The molecule has 0 aliphatic rings. The van der Waals surface area contributed by atoms with E-state index >= 15 is 0 Å². The molecule has 3 N–H and O–H groups in total. The molecular weight excluding hydrogens is 319 g/mol. The summed E-state index contributed by atoms with van der Waals surface area (Å²) in [7, 11) is -1.49. The molecule has 0 aliphatic heterocycles. The summed E-state index contributed by atoms with van der Waals surface area (Å²) in [5, 5.41) is 29.9. The molecule has 0 saturated carbocycles. The number of ether oxygens (including phenoxy) is 1. The van der Waals surface area contributed by atoms with Crippen molar-refractivity contribution in [3.63, 3.8) is 0 Å². The van der Waals surface area contributed by atoms with Crippen molar-refractivity contribution in [1.82, 2.24) is 0 Å². The van der Waals surface area contributed by atoms with Crippen LogP contribution in [0.1, 0.15) is 23.6 Å². The van der Waals surface area contributed by atoms with Gasteiger partial charge in [-0.05, 0) is 41.2 Å². The van der Waals surface area contributed by atoms with Gasteiger partial charge >= 0.3 is 13.2 Å². The second-order valence-corrected chi connectivity index (χ2v) is 5.46. The largest absolute Gasteiger partial charge is 0.488 e. The number of carbonyl (C=O) groups is 1. The number of hydrogen-bond acceptors (Lipinski definition) is 5. The van der Waals surface area contributed by atoms with E-state index in [1.54, 1.807) is 36.4 Å². The highest BCUT2D eigenvalue weighted by Crippen LogP contribution is 2.12. The van der Waals surface area contributed by atoms with Crippen molar-refractivity contribution in [2.24, 2.45) is 0 Å². The fourth-order valence-electron chi connectivity index (χ4n) is 2.45. The van der Waals surface area contributed by atoms with Crippen LogP contribution in [0.4, 0.5) is 10.5 Å². The van der Waals surface area contributed by atoms with E-state index in [4.69, 9.17) is 10.00 Å². The number of amides is 1. The molecule has 0 aliphatic carbocycles. The van der Waals surface area contributed by atoms with E-state index in [0.29, 0.717) is 23.1 Å². The summed E-state index contributed by atoms with van der Waals surface area (Å²) in [4.78, 5) is 11.8. The Morgan fingerprint density at radius 2 is 2.04 bits per heavy atom. The van der Waals surface area contributed by atoms with Crippen LogP contribution in [-0.2, 0) is 17.6 Å². The fraction of sp³-hybridized carbons (Fsp3) is 0.222. The molecule has 0 bridgehead atoms. The molecule has 2 aromatic carbocycles. The smallest absolute Gasteiger partial charge is 0.449 e. The van der Waals surface area contributed by atoms with Crippen molar-refractivity contribution < 1.29 is 19.6 Å². The summed E-state index contributed by atoms with van der Waals surface area (Å²) < 4.78 is 5.17. The minimum atomic E-state index is -1.49. The van der Waals surface area contributed by atoms with Crippen LogP contribution in [0.25, 0.3) is 0 Å². The van der Waals surface area contributed by atoms with Crippen molar-refractivity contribution in [2.45, 2.75) is 19.8 Å². The zero-order chi connectivity index (χ0) is 18.2. The van der Waals surface area contributed by atoms with Crippen molar-refractivity contribution in [3.05, 3.63) is 59.2 Å². The second-order valence-electron chi connectivity index (χ2n) is 5.46. The maximum Gasteiger partial charge on any atom is 0.488 e. The van der Waals surface area contributed by atoms with Gasteiger partial charge in [0.05, 0.1) is 18.2 Å². The lowest BCUT2D eigenvalue weighted by Crippen LogP contribution is -2.30. The number of hydrogen-bond donors (Lipinski definition) is 3. The third kappa shape index (κ3) is 5.35. The van der Waals surface area contributed by atoms with Crippen LogP contribution in [0.5, 0.6) is 0 Å². The van der Waals surface area contributed by atoms with E-state index in [1.807, 2.05) is 19.1 Å². The molecule has 0 atom stereocenters. The maximum absolute atomic E-state index is 11.8. The van der Waals surface area contributed by atoms with Crippen molar-refractivity contribution in [2.75, 3.05) is 11.9 Å². The normalized spacial score (nSPS) is 10.0. The molecule has 0 fully saturated rings. The highest BCUT2D eigenvalue weighted by molar-refractivity contribution is 6.58. The van der Waals surface area contributed by atoms with E-state index in [0.717, 1.165) is 17.5 Å². The Morgan fingerprint density at radius 3 is 2.72 bits per heavy atom. The molecule has 1 amide bonds. The van der Waals surface area contributed by atoms with Gasteiger partial charge in [-0.3, -0.25) is 5.32 Å². The molecule has 0 saturated heterocycles. The number of aryl methyl sites for hydroxylation is 1. The number of benzene rings is 2. The lowest BCUT2D eigenvalue weighted by atomic mass is 9.78. The van der Waals surface area contributed by atoms with Gasteiger partial charge in [-0.15, -0.1) is 0 Å². The zero-order valence-corrected chi connectivity index (χ0v) is 13.9. The standard InChI is InChI=1S/C18H19BN2O4/c1-2-14-11-16(19(23)24)7-6-15(14)8-9-25-18(22)21-17-5-3-4-13(10-17)12-20/h3-7,10-11,23-24H,2,8-9H2,1H3,(H,21,22). The summed E-state index contributed by atoms with van der Waals surface area (Å²) in [6.45, 7) is 2.17. The second kappa shape index (κ2) is 8.88. The Bertz CT molecular complexity index is 787. The topological polar surface area (TPSA) is 103 Å². The molecule has 0 radical (unpaired) electrons. The van der Waals surface area contributed by atoms with Gasteiger partial charge in [-0.1, -0.05) is 31.2 Å². The minimum Gasteiger partial charge on any atom is -0.449 e. The molecule has 0 unspecified atom stereocenters. The monoisotopic (exact) mass is 338 g/mol. The first-order valence-corrected chi connectivity index (χ1v) is 7.95. The SMILES string of the molecule is CCc1cc(B(O)O)ccc1CCOC(=O)Nc1cccc(C#N)c1. The summed E-state index contributed by atoms with van der Waals surface area (Å²) >= 11 is 0. The molecule has 2 aromatic rings. The van der Waals surface area contributed by atoms with E-state index < -0.39 is 13.2 Å². The number of nitrogens with one attached hydrogen (secondary N) is 1. The average molecular weight is 338 g/mol. The Morgan fingerprint density at radius 1 is 1.24 bits per heavy atom. The van der Waals surface area contributed by atoms with Gasteiger partial charge in [0, 0.05) is 12.1 Å². The summed E-state index contributed by atoms with van der Waals surface area (Å²) in [6.07, 6.45) is 0.676. The van der Waals surface area contributed by atoms with Gasteiger partial charge in [-0.25, -0.2) is 4.79 Å². The number of anilines is 1. The van der Waals surface area contributed by atoms with Crippen LogP contribution in [-0.4, -0.2) is 29.9 Å². The van der Waals surface area contributed by atoms with E-state index in [1.165, 1.54) is 0 Å². The van der Waals surface area contributed by atoms with Crippen LogP contribution in [0.3, 0.4) is 0 Å². The Kier molecular flexibility index (Phi) is 6.58. The Balaban J connectivity index is 1.89. The summed E-state index contributed by atoms with van der Waals surface area (Å²) in [5.74, 6) is 0. The van der Waals surface area contributed by atoms with Crippen LogP contribution < -0.4 is 10.8 Å². The molecule has 0 spiro atoms. The lowest BCUT2D eigenvalue weighted by Gasteiger charge is -2.11. The Hall–Kier alpha value is -2.82. The first-order valence-electron chi connectivity index (χ1n) is 7.95. The molecule has 2 rings (SSSR count). The third-order valence-corrected chi connectivity index (χ3v) is 3.75. The molecule has 25 heavy (non-hydrogen) atoms. The quantitative estimate of drug-likeness (QED) is 0.694. The van der Waals surface area contributed by atoms with Crippen molar-refractivity contribution in [3.8, 4) is 6.07 Å². The van der Waals surface area contributed by atoms with Crippen LogP contribution in [0.15, 0.2) is 42.5 Å². The summed E-state index contributed by atoms with van der Waals surface area (Å²) in [5.41, 5.74) is 3.37. The van der Waals surface area contributed by atoms with Gasteiger partial charge in [-0.2, -0.15) is 5.26 Å². The maximum atomic E-state index is 11.8. The predicted octanol–water partition coefficient (Wildman–Crippen LogP) is 1.59. The van der Waals surface area contributed by atoms with E-state index in [2.05, 4.69) is 5.32 Å². The molecule has 0 aromatic heterocycles. The van der Waals surface area contributed by atoms with E-state index in [-0.39, 0.29) is 6.61 Å². The highest BCUT2D eigenvalue weighted by atomic mass is 16.5. The van der Waals surface area contributed by atoms with E-state index in [9.17, 15) is 14.8 Å². The highest BCUT2D eigenvalue weighted by Gasteiger charge is 2.13. The van der Waals surface area contributed by atoms with Gasteiger partial charge < -0.3 is 14.8 Å². The van der Waals surface area contributed by atoms with Gasteiger partial charge in [0.25, 0.3) is 0 Å². The molecule has 7 heteroatoms. The average Bonchev–Trinajstić information content (AvgIpc) is 2.61. The number of rotatable bonds is 6. The minimum absolute atomic E-state index is 0.192. The predicted molar refractivity (Wildman–Crippen MR) is 95.5 cm³/mol. The van der Waals surface area contributed by atoms with Crippen LogP contribution >= 0.6 is 0 Å². The molecule has 128 valence electrons. The molecular formula is C18H19BN2O4. The van der Waals surface area contributed by atoms with Crippen molar-refractivity contribution in [1.29, 1.82) is 5.26 Å². The van der Waals surface area contributed by atoms with Gasteiger partial charge in [0.15, 0.2) is 0 Å².